The summed E-state index contributed by atoms with van der Waals surface area (Å²) in [6.07, 6.45) is -0.628. The van der Waals surface area contributed by atoms with Gasteiger partial charge in [-0.1, -0.05) is 30.3 Å². The lowest BCUT2D eigenvalue weighted by Crippen LogP contribution is -2.47. The number of benzene rings is 2. The molecule has 13 heteroatoms. The number of anilines is 1. The number of nitrogens with zero attached hydrogens (tertiary/aromatic N) is 2. The summed E-state index contributed by atoms with van der Waals surface area (Å²) in [5, 5.41) is 11.9. The molecule has 0 radical (unpaired) electrons. The number of primary amides is 1. The van der Waals surface area contributed by atoms with E-state index in [1.165, 1.54) is 36.4 Å². The smallest absolute Gasteiger partial charge is 0.337 e. The standard InChI is InChI=1S/C30H35FN4O8/c1-30(2,3)43-28(40)22-16-20(26(37)34-11-13-42-14-12-34)25(18-8-4-5-10-21(18)31)35(22)23(36)15-17-7-6-9-19(27(38)39)24(17)33-29(32)41/h4-10,20,22,25H,11-16H2,1-3H3,(H,38,39)(H3,32,33,41). The maximum Gasteiger partial charge on any atom is 0.337 e. The van der Waals surface area contributed by atoms with Gasteiger partial charge >= 0.3 is 18.0 Å². The second-order valence-corrected chi connectivity index (χ2v) is 11.4. The molecule has 4 N–H and O–H groups in total. The molecular formula is C30H35FN4O8. The van der Waals surface area contributed by atoms with Crippen molar-refractivity contribution in [3.8, 4) is 0 Å². The lowest BCUT2D eigenvalue weighted by Gasteiger charge is -2.34. The second-order valence-electron chi connectivity index (χ2n) is 11.4. The number of nitrogens with one attached hydrogen (secondary N) is 1. The van der Waals surface area contributed by atoms with E-state index in [0.717, 1.165) is 4.90 Å². The number of aromatic carboxylic acids is 1. The van der Waals surface area contributed by atoms with Gasteiger partial charge in [0.2, 0.25) is 11.8 Å². The number of para-hydroxylation sites is 1. The van der Waals surface area contributed by atoms with Gasteiger partial charge in [-0.15, -0.1) is 0 Å². The van der Waals surface area contributed by atoms with Gasteiger partial charge in [0, 0.05) is 18.7 Å². The number of halogens is 1. The molecule has 3 atom stereocenters. The zero-order valence-corrected chi connectivity index (χ0v) is 24.2. The summed E-state index contributed by atoms with van der Waals surface area (Å²) >= 11 is 0. The van der Waals surface area contributed by atoms with Crippen molar-refractivity contribution in [2.45, 2.75) is 51.3 Å². The summed E-state index contributed by atoms with van der Waals surface area (Å²) in [6.45, 7) is 6.22. The van der Waals surface area contributed by atoms with Crippen LogP contribution in [0.5, 0.6) is 0 Å². The van der Waals surface area contributed by atoms with Gasteiger partial charge in [-0.2, -0.15) is 0 Å². The zero-order chi connectivity index (χ0) is 31.5. The van der Waals surface area contributed by atoms with Gasteiger partial charge in [-0.3, -0.25) is 9.59 Å². The fourth-order valence-electron chi connectivity index (χ4n) is 5.57. The first-order chi connectivity index (χ1) is 20.3. The Labute approximate surface area is 247 Å². The predicted octanol–water partition coefficient (Wildman–Crippen LogP) is 2.72. The lowest BCUT2D eigenvalue weighted by atomic mass is 9.91. The molecule has 230 valence electrons. The highest BCUT2D eigenvalue weighted by Crippen LogP contribution is 2.44. The summed E-state index contributed by atoms with van der Waals surface area (Å²) in [5.74, 6) is -4.87. The van der Waals surface area contributed by atoms with Crippen LogP contribution in [0.4, 0.5) is 14.9 Å². The van der Waals surface area contributed by atoms with Crippen molar-refractivity contribution in [1.82, 2.24) is 9.80 Å². The molecule has 2 aromatic carbocycles. The summed E-state index contributed by atoms with van der Waals surface area (Å²) in [7, 11) is 0. The normalized spacial score (nSPS) is 20.4. The number of carboxylic acids is 1. The SMILES string of the molecule is CC(C)(C)OC(=O)C1CC(C(=O)N2CCOCC2)C(c2ccccc2F)N1C(=O)Cc1cccc(C(=O)O)c1NC(N)=O. The van der Waals surface area contributed by atoms with Crippen LogP contribution in [-0.2, 0) is 30.3 Å². The first kappa shape index (κ1) is 31.4. The number of hydrogen-bond acceptors (Lipinski definition) is 7. The van der Waals surface area contributed by atoms with Crippen LogP contribution in [0.1, 0.15) is 54.7 Å². The molecule has 0 bridgehead atoms. The van der Waals surface area contributed by atoms with Gasteiger partial charge in [0.1, 0.15) is 17.5 Å². The van der Waals surface area contributed by atoms with Crippen molar-refractivity contribution in [2.24, 2.45) is 11.7 Å². The number of morpholine rings is 1. The van der Waals surface area contributed by atoms with Crippen molar-refractivity contribution < 1.29 is 42.9 Å². The van der Waals surface area contributed by atoms with E-state index in [0.29, 0.717) is 26.3 Å². The lowest BCUT2D eigenvalue weighted by molar-refractivity contribution is -0.164. The maximum atomic E-state index is 15.4. The van der Waals surface area contributed by atoms with E-state index >= 15 is 4.39 Å². The molecule has 3 unspecified atom stereocenters. The predicted molar refractivity (Wildman–Crippen MR) is 151 cm³/mol. The highest BCUT2D eigenvalue weighted by Gasteiger charge is 2.53. The molecular weight excluding hydrogens is 563 g/mol. The molecule has 4 amide bonds. The van der Waals surface area contributed by atoms with Crippen molar-refractivity contribution in [1.29, 1.82) is 0 Å². The van der Waals surface area contributed by atoms with Gasteiger partial charge in [0.05, 0.1) is 42.8 Å². The topological polar surface area (TPSA) is 169 Å². The fourth-order valence-corrected chi connectivity index (χ4v) is 5.57. The third kappa shape index (κ3) is 7.11. The van der Waals surface area contributed by atoms with Crippen LogP contribution >= 0.6 is 0 Å². The van der Waals surface area contributed by atoms with E-state index < -0.39 is 59.7 Å². The number of hydrogen-bond donors (Lipinski definition) is 3. The number of carboxylic acid groups (broad SMARTS) is 1. The minimum Gasteiger partial charge on any atom is -0.478 e. The highest BCUT2D eigenvalue weighted by atomic mass is 19.1. The minimum atomic E-state index is -1.37. The number of urea groups is 1. The van der Waals surface area contributed by atoms with Crippen LogP contribution < -0.4 is 11.1 Å². The van der Waals surface area contributed by atoms with Crippen LogP contribution in [0.15, 0.2) is 42.5 Å². The number of ether oxygens (including phenoxy) is 2. The molecule has 12 nitrogen and oxygen atoms in total. The van der Waals surface area contributed by atoms with Gasteiger partial charge in [0.15, 0.2) is 0 Å². The summed E-state index contributed by atoms with van der Waals surface area (Å²) in [4.78, 5) is 68.0. The van der Waals surface area contributed by atoms with E-state index in [4.69, 9.17) is 15.2 Å². The molecule has 0 saturated carbocycles. The van der Waals surface area contributed by atoms with Crippen LogP contribution in [0.3, 0.4) is 0 Å². The Balaban J connectivity index is 1.82. The van der Waals surface area contributed by atoms with Gasteiger partial charge in [-0.25, -0.2) is 18.8 Å². The third-order valence-electron chi connectivity index (χ3n) is 7.30. The maximum absolute atomic E-state index is 15.4. The monoisotopic (exact) mass is 598 g/mol. The Morgan fingerprint density at radius 1 is 1.07 bits per heavy atom. The average molecular weight is 599 g/mol. The molecule has 0 aromatic heterocycles. The largest absolute Gasteiger partial charge is 0.478 e. The van der Waals surface area contributed by atoms with E-state index in [1.807, 2.05) is 0 Å². The summed E-state index contributed by atoms with van der Waals surface area (Å²) in [5.41, 5.74) is 4.00. The molecule has 2 aliphatic heterocycles. The van der Waals surface area contributed by atoms with Crippen molar-refractivity contribution >= 4 is 35.5 Å². The number of rotatable bonds is 7. The highest BCUT2D eigenvalue weighted by molar-refractivity contribution is 6.01. The quantitative estimate of drug-likeness (QED) is 0.409. The first-order valence-electron chi connectivity index (χ1n) is 13.8. The van der Waals surface area contributed by atoms with E-state index in [2.05, 4.69) is 5.32 Å². The second kappa shape index (κ2) is 12.8. The molecule has 2 heterocycles. The molecule has 4 rings (SSSR count). The van der Waals surface area contributed by atoms with Crippen LogP contribution in [0.2, 0.25) is 0 Å². The zero-order valence-electron chi connectivity index (χ0n) is 24.2. The summed E-state index contributed by atoms with van der Waals surface area (Å²) in [6, 6.07) is 6.29. The van der Waals surface area contributed by atoms with Crippen LogP contribution in [-0.4, -0.2) is 82.6 Å². The Bertz CT molecular complexity index is 1420. The number of nitrogens with two attached hydrogens (primary N) is 1. The number of carbonyl (C=O) groups is 5. The number of amides is 4. The molecule has 2 aromatic rings. The molecule has 2 saturated heterocycles. The Morgan fingerprint density at radius 2 is 1.74 bits per heavy atom. The van der Waals surface area contributed by atoms with Crippen LogP contribution in [0, 0.1) is 11.7 Å². The van der Waals surface area contributed by atoms with Crippen molar-refractivity contribution in [3.05, 3.63) is 65.0 Å². The average Bonchev–Trinajstić information content (AvgIpc) is 3.34. The van der Waals surface area contributed by atoms with Gasteiger partial charge in [-0.05, 0) is 44.9 Å². The van der Waals surface area contributed by atoms with E-state index in [-0.39, 0.29) is 34.7 Å². The molecule has 0 aliphatic carbocycles. The molecule has 43 heavy (non-hydrogen) atoms. The minimum absolute atomic E-state index is 0.0447. The first-order valence-corrected chi connectivity index (χ1v) is 13.8. The summed E-state index contributed by atoms with van der Waals surface area (Å²) < 4.78 is 26.4. The van der Waals surface area contributed by atoms with Crippen molar-refractivity contribution in [3.63, 3.8) is 0 Å². The fraction of sp³-hybridized carbons (Fsp3) is 0.433. The number of esters is 1. The van der Waals surface area contributed by atoms with Crippen molar-refractivity contribution in [2.75, 3.05) is 31.6 Å². The van der Waals surface area contributed by atoms with E-state index in [1.54, 1.807) is 31.7 Å². The Hall–Kier alpha value is -4.52. The molecule has 0 spiro atoms. The molecule has 2 fully saturated rings. The Morgan fingerprint density at radius 3 is 2.35 bits per heavy atom. The Kier molecular flexibility index (Phi) is 9.34. The number of carbonyl (C=O) groups excluding carboxylic acids is 4. The van der Waals surface area contributed by atoms with Gasteiger partial charge < -0.3 is 35.4 Å². The number of likely N-dealkylation sites (tertiary alicyclic amines) is 1. The third-order valence-corrected chi connectivity index (χ3v) is 7.30. The van der Waals surface area contributed by atoms with Crippen LogP contribution in [0.25, 0.3) is 0 Å². The van der Waals surface area contributed by atoms with E-state index in [9.17, 15) is 29.1 Å². The van der Waals surface area contributed by atoms with Gasteiger partial charge in [0.25, 0.3) is 0 Å². The molecule has 2 aliphatic rings.